The Hall–Kier alpha value is -2.61. The molecule has 2 aromatic rings. The lowest BCUT2D eigenvalue weighted by molar-refractivity contribution is -0.130. The Bertz CT molecular complexity index is 1040. The van der Waals surface area contributed by atoms with Crippen LogP contribution in [0.15, 0.2) is 36.4 Å². The number of carbonyl (C=O) groups is 1. The Labute approximate surface area is 222 Å². The van der Waals surface area contributed by atoms with E-state index in [0.29, 0.717) is 13.2 Å². The molecule has 37 heavy (non-hydrogen) atoms. The summed E-state index contributed by atoms with van der Waals surface area (Å²) in [6, 6.07) is 12.5. The van der Waals surface area contributed by atoms with Gasteiger partial charge in [-0.2, -0.15) is 0 Å². The zero-order valence-electron chi connectivity index (χ0n) is 22.7. The topological polar surface area (TPSA) is 65.5 Å². The Morgan fingerprint density at radius 1 is 0.838 bits per heavy atom. The average molecular weight is 510 g/mol. The van der Waals surface area contributed by atoms with Crippen LogP contribution in [-0.2, 0) is 4.79 Å². The molecule has 0 aromatic heterocycles. The third kappa shape index (κ3) is 7.46. The molecule has 7 heteroatoms. The molecule has 2 aliphatic rings. The van der Waals surface area contributed by atoms with E-state index in [2.05, 4.69) is 54.0 Å². The van der Waals surface area contributed by atoms with E-state index >= 15 is 0 Å². The lowest BCUT2D eigenvalue weighted by atomic mass is 9.95. The summed E-state index contributed by atoms with van der Waals surface area (Å²) in [7, 11) is 0. The van der Waals surface area contributed by atoms with E-state index in [9.17, 15) is 9.90 Å². The van der Waals surface area contributed by atoms with Gasteiger partial charge in [-0.3, -0.25) is 9.69 Å². The van der Waals surface area contributed by atoms with Crippen molar-refractivity contribution in [2.45, 2.75) is 46.1 Å². The number of aliphatic hydroxyl groups excluding tert-OH is 1. The van der Waals surface area contributed by atoms with Crippen molar-refractivity contribution in [3.8, 4) is 22.6 Å². The maximum atomic E-state index is 11.5. The molecule has 0 bridgehead atoms. The Kier molecular flexibility index (Phi) is 9.83. The summed E-state index contributed by atoms with van der Waals surface area (Å²) in [6.45, 7) is 14.5. The quantitative estimate of drug-likeness (QED) is 0.466. The monoisotopic (exact) mass is 509 g/mol. The predicted octanol–water partition coefficient (Wildman–Crippen LogP) is 3.74. The van der Waals surface area contributed by atoms with Gasteiger partial charge in [0.15, 0.2) is 0 Å². The molecule has 0 unspecified atom stereocenters. The number of benzene rings is 2. The molecule has 1 amide bonds. The highest BCUT2D eigenvalue weighted by molar-refractivity contribution is 5.74. The van der Waals surface area contributed by atoms with Crippen LogP contribution in [-0.4, -0.2) is 97.4 Å². The summed E-state index contributed by atoms with van der Waals surface area (Å²) in [5.41, 5.74) is 4.63. The zero-order valence-corrected chi connectivity index (χ0v) is 22.7. The number of aliphatic hydroxyl groups is 1. The fraction of sp³-hybridized carbons (Fsp3) is 0.567. The first kappa shape index (κ1) is 27.4. The van der Waals surface area contributed by atoms with Crippen molar-refractivity contribution in [3.05, 3.63) is 47.5 Å². The van der Waals surface area contributed by atoms with Gasteiger partial charge in [-0.25, -0.2) is 0 Å². The fourth-order valence-electron chi connectivity index (χ4n) is 5.37. The molecule has 0 aliphatic carbocycles. The summed E-state index contributed by atoms with van der Waals surface area (Å²) in [5, 5.41) is 9.69. The van der Waals surface area contributed by atoms with Crippen molar-refractivity contribution in [2.75, 3.05) is 65.6 Å². The number of nitrogens with zero attached hydrogens (tertiary/aromatic N) is 3. The van der Waals surface area contributed by atoms with Crippen molar-refractivity contribution >= 4 is 5.91 Å². The highest BCUT2D eigenvalue weighted by atomic mass is 16.5. The molecule has 0 radical (unpaired) electrons. The van der Waals surface area contributed by atoms with Gasteiger partial charge in [0.05, 0.1) is 19.3 Å². The van der Waals surface area contributed by atoms with Gasteiger partial charge in [0.1, 0.15) is 11.5 Å². The summed E-state index contributed by atoms with van der Waals surface area (Å²) in [6.07, 6.45) is 2.62. The molecule has 2 fully saturated rings. The molecular formula is C30H43N3O4. The van der Waals surface area contributed by atoms with E-state index in [1.807, 2.05) is 11.0 Å². The van der Waals surface area contributed by atoms with Gasteiger partial charge in [-0.15, -0.1) is 0 Å². The second-order valence-corrected chi connectivity index (χ2v) is 10.4. The number of hydrogen-bond acceptors (Lipinski definition) is 6. The molecule has 0 spiro atoms. The van der Waals surface area contributed by atoms with Gasteiger partial charge >= 0.3 is 0 Å². The number of likely N-dealkylation sites (tertiary alicyclic amines) is 1. The fourth-order valence-corrected chi connectivity index (χ4v) is 5.37. The summed E-state index contributed by atoms with van der Waals surface area (Å²) < 4.78 is 12.4. The van der Waals surface area contributed by atoms with E-state index in [-0.39, 0.29) is 12.0 Å². The Morgan fingerprint density at radius 3 is 1.86 bits per heavy atom. The normalized spacial score (nSPS) is 18.8. The van der Waals surface area contributed by atoms with Crippen LogP contribution in [0.25, 0.3) is 11.1 Å². The molecule has 1 N–H and O–H groups in total. The molecule has 2 saturated heterocycles. The van der Waals surface area contributed by atoms with Gasteiger partial charge in [0.25, 0.3) is 0 Å². The minimum absolute atomic E-state index is 0.169. The first-order valence-electron chi connectivity index (χ1n) is 13.8. The van der Waals surface area contributed by atoms with Crippen molar-refractivity contribution in [3.63, 3.8) is 0 Å². The van der Waals surface area contributed by atoms with E-state index < -0.39 is 0 Å². The van der Waals surface area contributed by atoms with Crippen LogP contribution >= 0.6 is 0 Å². The molecule has 2 aliphatic heterocycles. The van der Waals surface area contributed by atoms with Gasteiger partial charge in [0.2, 0.25) is 5.91 Å². The summed E-state index contributed by atoms with van der Waals surface area (Å²) in [4.78, 5) is 18.1. The smallest absolute Gasteiger partial charge is 0.219 e. The van der Waals surface area contributed by atoms with Crippen LogP contribution in [0.2, 0.25) is 0 Å². The van der Waals surface area contributed by atoms with Crippen LogP contribution < -0.4 is 9.47 Å². The molecule has 1 atom stereocenters. The lowest BCUT2D eigenvalue weighted by Crippen LogP contribution is -2.48. The Morgan fingerprint density at radius 2 is 1.38 bits per heavy atom. The molecule has 202 valence electrons. The largest absolute Gasteiger partial charge is 0.493 e. The average Bonchev–Trinajstić information content (AvgIpc) is 3.31. The van der Waals surface area contributed by atoms with E-state index in [4.69, 9.17) is 9.47 Å². The number of β-amino-alcohol motifs (C(OH)–C–C–N with tert-alkyl or cyclic N) is 1. The summed E-state index contributed by atoms with van der Waals surface area (Å²) >= 11 is 0. The van der Waals surface area contributed by atoms with Crippen LogP contribution in [0.3, 0.4) is 0 Å². The first-order chi connectivity index (χ1) is 17.9. The first-order valence-corrected chi connectivity index (χ1v) is 13.8. The highest BCUT2D eigenvalue weighted by Gasteiger charge is 2.20. The van der Waals surface area contributed by atoms with Gasteiger partial charge < -0.3 is 24.4 Å². The third-order valence-corrected chi connectivity index (χ3v) is 7.68. The van der Waals surface area contributed by atoms with Crippen LogP contribution in [0.1, 0.15) is 37.3 Å². The van der Waals surface area contributed by atoms with Crippen LogP contribution in [0.4, 0.5) is 0 Å². The van der Waals surface area contributed by atoms with Crippen LogP contribution in [0, 0.1) is 13.8 Å². The van der Waals surface area contributed by atoms with Gasteiger partial charge in [-0.05, 0) is 67.5 Å². The van der Waals surface area contributed by atoms with Crippen LogP contribution in [0.5, 0.6) is 11.5 Å². The molecule has 4 rings (SSSR count). The molecule has 7 nitrogen and oxygen atoms in total. The molecule has 2 aromatic carbocycles. The second-order valence-electron chi connectivity index (χ2n) is 10.4. The molecule has 0 saturated carbocycles. The number of hydrogen-bond donors (Lipinski definition) is 1. The van der Waals surface area contributed by atoms with Crippen molar-refractivity contribution in [1.82, 2.24) is 14.7 Å². The number of carbonyl (C=O) groups excluding carboxylic acids is 1. The second kappa shape index (κ2) is 13.3. The lowest BCUT2D eigenvalue weighted by Gasteiger charge is -2.34. The number of piperazine rings is 1. The van der Waals surface area contributed by atoms with E-state index in [1.54, 1.807) is 6.92 Å². The van der Waals surface area contributed by atoms with Crippen molar-refractivity contribution in [1.29, 1.82) is 0 Å². The standard InChI is InChI=1S/C30H43N3O4/c1-23-27(8-4-10-29(23)36-20-6-13-31-16-18-33(19-17-31)25(3)34)28-9-5-11-30(24(28)2)37-21-7-14-32-15-12-26(35)22-32/h4-5,8-11,26,35H,6-7,12-22H2,1-3H3/t26-/m1/s1. The maximum absolute atomic E-state index is 11.5. The van der Waals surface area contributed by atoms with Gasteiger partial charge in [-0.1, -0.05) is 24.3 Å². The Balaban J connectivity index is 1.28. The summed E-state index contributed by atoms with van der Waals surface area (Å²) in [5.74, 6) is 2.02. The third-order valence-electron chi connectivity index (χ3n) is 7.68. The van der Waals surface area contributed by atoms with Gasteiger partial charge in [0, 0.05) is 59.3 Å². The molecular weight excluding hydrogens is 466 g/mol. The van der Waals surface area contributed by atoms with Crippen molar-refractivity contribution < 1.29 is 19.4 Å². The minimum Gasteiger partial charge on any atom is -0.493 e. The number of amides is 1. The van der Waals surface area contributed by atoms with E-state index in [0.717, 1.165) is 94.2 Å². The number of rotatable bonds is 11. The SMILES string of the molecule is CC(=O)N1CCN(CCCOc2cccc(-c3cccc(OCCCN4CC[C@@H](O)C4)c3C)c2C)CC1. The molecule has 2 heterocycles. The van der Waals surface area contributed by atoms with E-state index in [1.165, 1.54) is 11.1 Å². The maximum Gasteiger partial charge on any atom is 0.219 e. The minimum atomic E-state index is -0.169. The van der Waals surface area contributed by atoms with Crippen molar-refractivity contribution in [2.24, 2.45) is 0 Å². The predicted molar refractivity (Wildman–Crippen MR) is 147 cm³/mol. The highest BCUT2D eigenvalue weighted by Crippen LogP contribution is 2.35. The zero-order chi connectivity index (χ0) is 26.2. The number of ether oxygens (including phenoxy) is 2.